The van der Waals surface area contributed by atoms with E-state index in [4.69, 9.17) is 21.7 Å². The fourth-order valence-corrected chi connectivity index (χ4v) is 5.29. The van der Waals surface area contributed by atoms with Gasteiger partial charge in [0.25, 0.3) is 11.8 Å². The highest BCUT2D eigenvalue weighted by atomic mass is 32.2. The Morgan fingerprint density at radius 1 is 1.00 bits per heavy atom. The third-order valence-electron chi connectivity index (χ3n) is 6.14. The molecule has 1 aliphatic heterocycles. The van der Waals surface area contributed by atoms with Gasteiger partial charge in [-0.2, -0.15) is 0 Å². The van der Waals surface area contributed by atoms with Crippen molar-refractivity contribution < 1.29 is 19.1 Å². The first kappa shape index (κ1) is 27.4. The number of nitrogens with one attached hydrogen (secondary N) is 1. The van der Waals surface area contributed by atoms with Crippen LogP contribution in [0.2, 0.25) is 0 Å². The summed E-state index contributed by atoms with van der Waals surface area (Å²) in [6, 6.07) is 18.9. The zero-order valence-electron chi connectivity index (χ0n) is 21.9. The lowest BCUT2D eigenvalue weighted by molar-refractivity contribution is -0.118. The summed E-state index contributed by atoms with van der Waals surface area (Å²) in [6.45, 7) is 8.22. The summed E-state index contributed by atoms with van der Waals surface area (Å²) in [5.41, 5.74) is 5.62. The van der Waals surface area contributed by atoms with Crippen LogP contribution in [0.25, 0.3) is 6.08 Å². The second-order valence-electron chi connectivity index (χ2n) is 8.77. The van der Waals surface area contributed by atoms with Gasteiger partial charge in [-0.3, -0.25) is 14.5 Å². The van der Waals surface area contributed by atoms with Crippen LogP contribution >= 0.6 is 24.0 Å². The number of benzene rings is 3. The van der Waals surface area contributed by atoms with E-state index >= 15 is 0 Å². The summed E-state index contributed by atoms with van der Waals surface area (Å²) in [5.74, 6) is 0.524. The highest BCUT2D eigenvalue weighted by Gasteiger charge is 2.33. The Bertz CT molecular complexity index is 1420. The van der Waals surface area contributed by atoms with Crippen LogP contribution in [0.3, 0.4) is 0 Å². The molecule has 38 heavy (non-hydrogen) atoms. The van der Waals surface area contributed by atoms with E-state index in [9.17, 15) is 9.59 Å². The molecule has 196 valence electrons. The zero-order valence-corrected chi connectivity index (χ0v) is 23.5. The third-order valence-corrected chi connectivity index (χ3v) is 7.44. The number of amides is 2. The molecule has 6 nitrogen and oxygen atoms in total. The minimum Gasteiger partial charge on any atom is -0.490 e. The van der Waals surface area contributed by atoms with Gasteiger partial charge in [-0.1, -0.05) is 61.2 Å². The van der Waals surface area contributed by atoms with E-state index in [-0.39, 0.29) is 18.4 Å². The highest BCUT2D eigenvalue weighted by molar-refractivity contribution is 8.27. The lowest BCUT2D eigenvalue weighted by Crippen LogP contribution is -2.27. The predicted molar refractivity (Wildman–Crippen MR) is 159 cm³/mol. The van der Waals surface area contributed by atoms with Crippen molar-refractivity contribution in [1.29, 1.82) is 0 Å². The number of ether oxygens (including phenoxy) is 2. The van der Waals surface area contributed by atoms with Crippen molar-refractivity contribution in [2.45, 2.75) is 34.1 Å². The van der Waals surface area contributed by atoms with Crippen molar-refractivity contribution >= 4 is 57.6 Å². The van der Waals surface area contributed by atoms with Crippen LogP contribution in [-0.2, 0) is 16.0 Å². The molecule has 0 spiro atoms. The van der Waals surface area contributed by atoms with E-state index in [0.717, 1.165) is 40.0 Å². The molecule has 3 aromatic rings. The molecule has 1 aliphatic rings. The number of para-hydroxylation sites is 1. The van der Waals surface area contributed by atoms with Crippen molar-refractivity contribution in [3.63, 3.8) is 0 Å². The highest BCUT2D eigenvalue weighted by Crippen LogP contribution is 2.37. The molecule has 1 fully saturated rings. The fourth-order valence-electron chi connectivity index (χ4n) is 3.99. The maximum atomic E-state index is 13.2. The van der Waals surface area contributed by atoms with Gasteiger partial charge in [-0.25, -0.2) is 0 Å². The van der Waals surface area contributed by atoms with Crippen LogP contribution < -0.4 is 19.7 Å². The summed E-state index contributed by atoms with van der Waals surface area (Å²) in [4.78, 5) is 27.8. The number of carbonyl (C=O) groups is 2. The lowest BCUT2D eigenvalue weighted by atomic mass is 10.1. The monoisotopic (exact) mass is 546 g/mol. The molecular formula is C30H30N2O4S2. The van der Waals surface area contributed by atoms with Gasteiger partial charge >= 0.3 is 0 Å². The van der Waals surface area contributed by atoms with Gasteiger partial charge < -0.3 is 14.8 Å². The summed E-state index contributed by atoms with van der Waals surface area (Å²) >= 11 is 6.79. The number of thiocarbonyl (C=S) groups is 1. The molecule has 3 aromatic carbocycles. The first-order valence-electron chi connectivity index (χ1n) is 12.4. The summed E-state index contributed by atoms with van der Waals surface area (Å²) in [5, 5.41) is 2.90. The van der Waals surface area contributed by atoms with E-state index < -0.39 is 0 Å². The summed E-state index contributed by atoms with van der Waals surface area (Å²) in [7, 11) is 0. The number of thioether (sulfide) groups is 1. The average Bonchev–Trinajstić information content (AvgIpc) is 3.18. The number of hydrogen-bond acceptors (Lipinski definition) is 6. The maximum Gasteiger partial charge on any atom is 0.270 e. The molecule has 0 aliphatic carbocycles. The topological polar surface area (TPSA) is 67.9 Å². The van der Waals surface area contributed by atoms with Crippen molar-refractivity contribution in [3.8, 4) is 11.5 Å². The van der Waals surface area contributed by atoms with Gasteiger partial charge in [-0.15, -0.1) is 0 Å². The normalized spacial score (nSPS) is 14.2. The van der Waals surface area contributed by atoms with E-state index in [0.29, 0.717) is 27.3 Å². The van der Waals surface area contributed by atoms with E-state index in [1.807, 2.05) is 76.2 Å². The molecule has 0 atom stereocenters. The number of nitrogens with zero attached hydrogens (tertiary/aromatic N) is 1. The minimum absolute atomic E-state index is 0.161. The van der Waals surface area contributed by atoms with Crippen molar-refractivity contribution in [2.24, 2.45) is 0 Å². The first-order chi connectivity index (χ1) is 18.3. The Hall–Kier alpha value is -3.62. The quantitative estimate of drug-likeness (QED) is 0.238. The predicted octanol–water partition coefficient (Wildman–Crippen LogP) is 6.69. The van der Waals surface area contributed by atoms with Gasteiger partial charge in [-0.05, 0) is 85.9 Å². The molecule has 1 saturated heterocycles. The number of aryl methyl sites for hydroxylation is 3. The molecule has 2 amide bonds. The Kier molecular flexibility index (Phi) is 8.86. The standard InChI is InChI=1S/C30H30N2O4S2/c1-5-22-9-7-8-10-24(22)31-28(33)18-36-25-14-12-21(16-26(25)35-6-2)17-27-29(34)32(30(37)38-27)23-13-11-19(3)20(4)15-23/h7-17H,5-6,18H2,1-4H3,(H,31,33)/b27-17-. The van der Waals surface area contributed by atoms with E-state index in [1.54, 1.807) is 23.1 Å². The molecular weight excluding hydrogens is 516 g/mol. The van der Waals surface area contributed by atoms with Gasteiger partial charge in [0.1, 0.15) is 0 Å². The minimum atomic E-state index is -0.257. The first-order valence-corrected chi connectivity index (χ1v) is 13.7. The molecule has 4 rings (SSSR count). The average molecular weight is 547 g/mol. The second-order valence-corrected chi connectivity index (χ2v) is 10.4. The maximum absolute atomic E-state index is 13.2. The van der Waals surface area contributed by atoms with Crippen LogP contribution in [0.15, 0.2) is 65.6 Å². The molecule has 0 bridgehead atoms. The van der Waals surface area contributed by atoms with Gasteiger partial charge in [0, 0.05) is 5.69 Å². The van der Waals surface area contributed by atoms with Gasteiger partial charge in [0.2, 0.25) is 0 Å². The van der Waals surface area contributed by atoms with Gasteiger partial charge in [0.15, 0.2) is 22.4 Å². The second kappa shape index (κ2) is 12.3. The molecule has 8 heteroatoms. The molecule has 1 N–H and O–H groups in total. The Balaban J connectivity index is 1.48. The number of hydrogen-bond donors (Lipinski definition) is 1. The molecule has 0 unspecified atom stereocenters. The molecule has 1 heterocycles. The lowest BCUT2D eigenvalue weighted by Gasteiger charge is -2.16. The van der Waals surface area contributed by atoms with E-state index in [1.165, 1.54) is 11.8 Å². The smallest absolute Gasteiger partial charge is 0.270 e. The zero-order chi connectivity index (χ0) is 27.2. The number of anilines is 2. The Labute approximate surface area is 233 Å². The van der Waals surface area contributed by atoms with Crippen LogP contribution in [0.1, 0.15) is 36.1 Å². The van der Waals surface area contributed by atoms with Crippen molar-refractivity contribution in [2.75, 3.05) is 23.4 Å². The molecule has 0 aromatic heterocycles. The summed E-state index contributed by atoms with van der Waals surface area (Å²) < 4.78 is 12.1. The van der Waals surface area contributed by atoms with Crippen LogP contribution in [0, 0.1) is 13.8 Å². The van der Waals surface area contributed by atoms with Crippen LogP contribution in [-0.4, -0.2) is 29.3 Å². The van der Waals surface area contributed by atoms with E-state index in [2.05, 4.69) is 5.32 Å². The Morgan fingerprint density at radius 3 is 2.53 bits per heavy atom. The third kappa shape index (κ3) is 6.26. The van der Waals surface area contributed by atoms with Gasteiger partial charge in [0.05, 0.1) is 17.2 Å². The molecule has 0 radical (unpaired) electrons. The fraction of sp³-hybridized carbons (Fsp3) is 0.233. The van der Waals surface area contributed by atoms with Crippen molar-refractivity contribution in [1.82, 2.24) is 0 Å². The van der Waals surface area contributed by atoms with Crippen LogP contribution in [0.4, 0.5) is 11.4 Å². The van der Waals surface area contributed by atoms with Crippen LogP contribution in [0.5, 0.6) is 11.5 Å². The summed E-state index contributed by atoms with van der Waals surface area (Å²) in [6.07, 6.45) is 2.61. The molecule has 0 saturated carbocycles. The SMILES string of the molecule is CCOc1cc(/C=C2\SC(=S)N(c3ccc(C)c(C)c3)C2=O)ccc1OCC(=O)Nc1ccccc1CC. The van der Waals surface area contributed by atoms with Crippen molar-refractivity contribution in [3.05, 3.63) is 87.8 Å². The Morgan fingerprint density at radius 2 is 1.79 bits per heavy atom. The largest absolute Gasteiger partial charge is 0.490 e. The number of carbonyl (C=O) groups excluding carboxylic acids is 2. The number of rotatable bonds is 9.